The van der Waals surface area contributed by atoms with Crippen LogP contribution in [0.15, 0.2) is 48.5 Å². The summed E-state index contributed by atoms with van der Waals surface area (Å²) in [5.74, 6) is 0.508. The third-order valence-corrected chi connectivity index (χ3v) is 7.58. The number of piperidine rings is 1. The Hall–Kier alpha value is -2.09. The van der Waals surface area contributed by atoms with Gasteiger partial charge in [-0.2, -0.15) is 0 Å². The van der Waals surface area contributed by atoms with Gasteiger partial charge in [0.05, 0.1) is 12.3 Å². The van der Waals surface area contributed by atoms with E-state index in [1.807, 2.05) is 24.3 Å². The molecule has 1 aliphatic heterocycles. The molecule has 0 bridgehead atoms. The number of ether oxygens (including phenoxy) is 1. The second kappa shape index (κ2) is 11.0. The Morgan fingerprint density at radius 1 is 1.06 bits per heavy atom. The maximum Gasteiger partial charge on any atom is 0.223 e. The molecule has 2 aromatic rings. The van der Waals surface area contributed by atoms with E-state index in [2.05, 4.69) is 12.2 Å². The SMILES string of the molecule is CCc1ccc(OCCNC(=O)C2CCN(S(=O)(=O)Cc3ccc(Cl)cc3)CC2)cc1. The molecule has 1 heterocycles. The first kappa shape index (κ1) is 23.6. The van der Waals surface area contributed by atoms with Crippen molar-refractivity contribution in [3.8, 4) is 5.75 Å². The predicted molar refractivity (Wildman–Crippen MR) is 123 cm³/mol. The number of benzene rings is 2. The largest absolute Gasteiger partial charge is 0.492 e. The first-order chi connectivity index (χ1) is 14.9. The Kier molecular flexibility index (Phi) is 8.35. The van der Waals surface area contributed by atoms with Crippen LogP contribution in [0.4, 0.5) is 0 Å². The zero-order valence-corrected chi connectivity index (χ0v) is 19.3. The molecule has 0 unspecified atom stereocenters. The van der Waals surface area contributed by atoms with Gasteiger partial charge in [0.25, 0.3) is 0 Å². The van der Waals surface area contributed by atoms with Gasteiger partial charge in [-0.05, 0) is 54.7 Å². The number of nitrogens with one attached hydrogen (secondary N) is 1. The summed E-state index contributed by atoms with van der Waals surface area (Å²) in [4.78, 5) is 12.4. The van der Waals surface area contributed by atoms with Gasteiger partial charge in [-0.3, -0.25) is 4.79 Å². The highest BCUT2D eigenvalue weighted by Gasteiger charge is 2.31. The highest BCUT2D eigenvalue weighted by atomic mass is 35.5. The number of carbonyl (C=O) groups excluding carboxylic acids is 1. The van der Waals surface area contributed by atoms with E-state index >= 15 is 0 Å². The van der Waals surface area contributed by atoms with Gasteiger partial charge in [0.1, 0.15) is 12.4 Å². The molecular weight excluding hydrogens is 436 g/mol. The molecule has 6 nitrogen and oxygen atoms in total. The molecule has 0 aliphatic carbocycles. The number of hydrogen-bond donors (Lipinski definition) is 1. The summed E-state index contributed by atoms with van der Waals surface area (Å²) in [6, 6.07) is 14.7. The van der Waals surface area contributed by atoms with Crippen molar-refractivity contribution in [2.45, 2.75) is 31.9 Å². The van der Waals surface area contributed by atoms with Gasteiger partial charge in [0, 0.05) is 24.0 Å². The molecule has 0 saturated carbocycles. The van der Waals surface area contributed by atoms with Crippen molar-refractivity contribution in [2.24, 2.45) is 5.92 Å². The summed E-state index contributed by atoms with van der Waals surface area (Å²) in [6.45, 7) is 3.63. The van der Waals surface area contributed by atoms with Crippen LogP contribution in [0.3, 0.4) is 0 Å². The van der Waals surface area contributed by atoms with Crippen molar-refractivity contribution in [2.75, 3.05) is 26.2 Å². The normalized spacial score (nSPS) is 15.5. The van der Waals surface area contributed by atoms with Gasteiger partial charge >= 0.3 is 0 Å². The van der Waals surface area contributed by atoms with Gasteiger partial charge in [-0.25, -0.2) is 12.7 Å². The molecule has 1 fully saturated rings. The zero-order valence-electron chi connectivity index (χ0n) is 17.7. The molecule has 3 rings (SSSR count). The van der Waals surface area contributed by atoms with Crippen molar-refractivity contribution in [1.29, 1.82) is 0 Å². The summed E-state index contributed by atoms with van der Waals surface area (Å²) in [6.07, 6.45) is 2.02. The molecule has 0 spiro atoms. The van der Waals surface area contributed by atoms with Gasteiger partial charge in [0.15, 0.2) is 0 Å². The van der Waals surface area contributed by atoms with E-state index in [1.54, 1.807) is 24.3 Å². The molecule has 1 aliphatic rings. The van der Waals surface area contributed by atoms with Crippen molar-refractivity contribution in [3.05, 3.63) is 64.7 Å². The number of amides is 1. The standard InChI is InChI=1S/C23H29ClN2O4S/c1-2-18-5-9-22(10-6-18)30-16-13-25-23(27)20-11-14-26(15-12-20)31(28,29)17-19-3-7-21(24)8-4-19/h3-10,20H,2,11-17H2,1H3,(H,25,27). The third kappa shape index (κ3) is 6.95. The summed E-state index contributed by atoms with van der Waals surface area (Å²) < 4.78 is 32.5. The summed E-state index contributed by atoms with van der Waals surface area (Å²) in [7, 11) is -3.42. The molecule has 0 atom stereocenters. The van der Waals surface area contributed by atoms with E-state index in [9.17, 15) is 13.2 Å². The Morgan fingerprint density at radius 2 is 1.68 bits per heavy atom. The third-order valence-electron chi connectivity index (χ3n) is 5.48. The number of rotatable bonds is 9. The number of sulfonamides is 1. The smallest absolute Gasteiger partial charge is 0.223 e. The minimum Gasteiger partial charge on any atom is -0.492 e. The van der Waals surface area contributed by atoms with E-state index in [4.69, 9.17) is 16.3 Å². The van der Waals surface area contributed by atoms with E-state index in [1.165, 1.54) is 9.87 Å². The number of hydrogen-bond acceptors (Lipinski definition) is 4. The molecule has 0 aromatic heterocycles. The quantitative estimate of drug-likeness (QED) is 0.575. The van der Waals surface area contributed by atoms with Crippen molar-refractivity contribution >= 4 is 27.5 Å². The van der Waals surface area contributed by atoms with Gasteiger partial charge < -0.3 is 10.1 Å². The second-order valence-corrected chi connectivity index (χ2v) is 10.1. The van der Waals surface area contributed by atoms with Crippen molar-refractivity contribution in [1.82, 2.24) is 9.62 Å². The van der Waals surface area contributed by atoms with Crippen LogP contribution >= 0.6 is 11.6 Å². The average molecular weight is 465 g/mol. The molecule has 1 N–H and O–H groups in total. The zero-order chi connectivity index (χ0) is 22.3. The summed E-state index contributed by atoms with van der Waals surface area (Å²) >= 11 is 5.86. The average Bonchev–Trinajstić information content (AvgIpc) is 2.78. The number of nitrogens with zero attached hydrogens (tertiary/aromatic N) is 1. The van der Waals surface area contributed by atoms with Crippen LogP contribution < -0.4 is 10.1 Å². The van der Waals surface area contributed by atoms with Gasteiger partial charge in [-0.1, -0.05) is 42.8 Å². The minimum atomic E-state index is -3.42. The van der Waals surface area contributed by atoms with E-state index in [0.29, 0.717) is 49.7 Å². The minimum absolute atomic E-state index is 0.0420. The second-order valence-electron chi connectivity index (χ2n) is 7.69. The van der Waals surface area contributed by atoms with Crippen LogP contribution in [0.5, 0.6) is 5.75 Å². The Morgan fingerprint density at radius 3 is 2.29 bits per heavy atom. The van der Waals surface area contributed by atoms with E-state index in [-0.39, 0.29) is 17.6 Å². The maximum absolute atomic E-state index is 12.7. The van der Waals surface area contributed by atoms with Crippen LogP contribution in [0.2, 0.25) is 5.02 Å². The van der Waals surface area contributed by atoms with E-state index in [0.717, 1.165) is 12.2 Å². The molecule has 31 heavy (non-hydrogen) atoms. The first-order valence-electron chi connectivity index (χ1n) is 10.6. The van der Waals surface area contributed by atoms with Crippen LogP contribution in [0.1, 0.15) is 30.9 Å². The summed E-state index contributed by atoms with van der Waals surface area (Å²) in [5.41, 5.74) is 1.95. The topological polar surface area (TPSA) is 75.7 Å². The predicted octanol–water partition coefficient (Wildman–Crippen LogP) is 3.64. The lowest BCUT2D eigenvalue weighted by atomic mass is 9.97. The van der Waals surface area contributed by atoms with Crippen molar-refractivity contribution in [3.63, 3.8) is 0 Å². The number of aryl methyl sites for hydroxylation is 1. The first-order valence-corrected chi connectivity index (χ1v) is 12.6. The van der Waals surface area contributed by atoms with Gasteiger partial charge in [-0.15, -0.1) is 0 Å². The summed E-state index contributed by atoms with van der Waals surface area (Å²) in [5, 5.41) is 3.48. The fraction of sp³-hybridized carbons (Fsp3) is 0.435. The van der Waals surface area contributed by atoms with Crippen LogP contribution in [0.25, 0.3) is 0 Å². The molecule has 168 valence electrons. The molecule has 2 aromatic carbocycles. The fourth-order valence-electron chi connectivity index (χ4n) is 3.59. The number of carbonyl (C=O) groups is 1. The highest BCUT2D eigenvalue weighted by molar-refractivity contribution is 7.88. The van der Waals surface area contributed by atoms with Crippen LogP contribution in [0, 0.1) is 5.92 Å². The van der Waals surface area contributed by atoms with Crippen LogP contribution in [-0.2, 0) is 27.0 Å². The molecular formula is C23H29ClN2O4S. The Balaban J connectivity index is 1.39. The van der Waals surface area contributed by atoms with Gasteiger partial charge in [0.2, 0.25) is 15.9 Å². The fourth-order valence-corrected chi connectivity index (χ4v) is 5.28. The molecule has 1 saturated heterocycles. The lowest BCUT2D eigenvalue weighted by molar-refractivity contribution is -0.126. The lowest BCUT2D eigenvalue weighted by Crippen LogP contribution is -2.43. The monoisotopic (exact) mass is 464 g/mol. The van der Waals surface area contributed by atoms with Crippen molar-refractivity contribution < 1.29 is 17.9 Å². The van der Waals surface area contributed by atoms with E-state index < -0.39 is 10.0 Å². The lowest BCUT2D eigenvalue weighted by Gasteiger charge is -2.30. The number of halogens is 1. The molecule has 0 radical (unpaired) electrons. The maximum atomic E-state index is 12.7. The Bertz CT molecular complexity index is 954. The highest BCUT2D eigenvalue weighted by Crippen LogP contribution is 2.22. The molecule has 8 heteroatoms. The molecule has 1 amide bonds. The Labute approximate surface area is 189 Å². The van der Waals surface area contributed by atoms with Crippen LogP contribution in [-0.4, -0.2) is 44.9 Å².